The highest BCUT2D eigenvalue weighted by Crippen LogP contribution is 2.37. The van der Waals surface area contributed by atoms with Gasteiger partial charge in [0.05, 0.1) is 17.3 Å². The van der Waals surface area contributed by atoms with Crippen molar-refractivity contribution >= 4 is 11.5 Å². The Morgan fingerprint density at radius 3 is 2.25 bits per heavy atom. The maximum absolute atomic E-state index is 12.7. The van der Waals surface area contributed by atoms with Crippen LogP contribution < -0.4 is 10.6 Å². The number of nitrogens with two attached hydrogens (primary N) is 1. The lowest BCUT2D eigenvalue weighted by atomic mass is 9.96. The number of anilines is 2. The number of nitrogens with zero attached hydrogens (tertiary/aromatic N) is 3. The third-order valence-corrected chi connectivity index (χ3v) is 3.85. The second kappa shape index (κ2) is 5.18. The highest BCUT2D eigenvalue weighted by molar-refractivity contribution is 5.66. The molecule has 2 heterocycles. The molecule has 0 aromatic carbocycles. The van der Waals surface area contributed by atoms with E-state index >= 15 is 0 Å². The summed E-state index contributed by atoms with van der Waals surface area (Å²) in [6, 6.07) is 0.126. The van der Waals surface area contributed by atoms with E-state index in [2.05, 4.69) is 5.10 Å². The third-order valence-electron chi connectivity index (χ3n) is 3.85. The molecule has 1 aromatic heterocycles. The molecule has 2 rings (SSSR count). The van der Waals surface area contributed by atoms with Gasteiger partial charge >= 0.3 is 6.18 Å². The van der Waals surface area contributed by atoms with Gasteiger partial charge in [-0.25, -0.2) is 4.68 Å². The number of halogens is 3. The predicted molar refractivity (Wildman–Crippen MR) is 72.8 cm³/mol. The molecular weight excluding hydrogens is 269 g/mol. The van der Waals surface area contributed by atoms with Crippen LogP contribution in [0.2, 0.25) is 0 Å². The van der Waals surface area contributed by atoms with Crippen molar-refractivity contribution < 1.29 is 13.2 Å². The average Bonchev–Trinajstić information content (AvgIpc) is 2.65. The van der Waals surface area contributed by atoms with Gasteiger partial charge in [0.15, 0.2) is 5.82 Å². The first-order valence-corrected chi connectivity index (χ1v) is 6.88. The van der Waals surface area contributed by atoms with E-state index in [1.807, 2.05) is 25.7 Å². The van der Waals surface area contributed by atoms with Crippen LogP contribution in [0, 0.1) is 12.8 Å². The molecule has 20 heavy (non-hydrogen) atoms. The molecule has 1 aromatic rings. The zero-order valence-corrected chi connectivity index (χ0v) is 12.0. The second-order valence-corrected chi connectivity index (χ2v) is 5.66. The smallest absolute Gasteiger partial charge is 0.391 e. The molecule has 0 radical (unpaired) electrons. The summed E-state index contributed by atoms with van der Waals surface area (Å²) in [4.78, 5) is 1.93. The normalized spacial score (nSPS) is 18.1. The SMILES string of the molecule is Cc1nn(C(C)C)c(N2CCC(C(F)(F)F)CC2)c1N. The number of piperidine rings is 1. The van der Waals surface area contributed by atoms with Crippen molar-refractivity contribution in [3.8, 4) is 0 Å². The minimum absolute atomic E-state index is 0.116. The monoisotopic (exact) mass is 290 g/mol. The van der Waals surface area contributed by atoms with Gasteiger partial charge in [0.1, 0.15) is 0 Å². The maximum atomic E-state index is 12.7. The number of aryl methyl sites for hydroxylation is 1. The van der Waals surface area contributed by atoms with Crippen molar-refractivity contribution in [1.82, 2.24) is 9.78 Å². The summed E-state index contributed by atoms with van der Waals surface area (Å²) < 4.78 is 39.9. The Morgan fingerprint density at radius 1 is 1.25 bits per heavy atom. The quantitative estimate of drug-likeness (QED) is 0.910. The predicted octanol–water partition coefficient (Wildman–Crippen LogP) is 3.13. The summed E-state index contributed by atoms with van der Waals surface area (Å²) in [5.74, 6) is -0.436. The van der Waals surface area contributed by atoms with Crippen LogP contribution in [0.15, 0.2) is 0 Å². The number of nitrogen functional groups attached to an aromatic ring is 1. The molecule has 2 N–H and O–H groups in total. The molecule has 0 aliphatic carbocycles. The van der Waals surface area contributed by atoms with Crippen LogP contribution in [0.25, 0.3) is 0 Å². The lowest BCUT2D eigenvalue weighted by Crippen LogP contribution is -2.40. The van der Waals surface area contributed by atoms with Crippen molar-refractivity contribution in [2.24, 2.45) is 5.92 Å². The van der Waals surface area contributed by atoms with E-state index in [-0.39, 0.29) is 18.9 Å². The van der Waals surface area contributed by atoms with Crippen molar-refractivity contribution in [3.05, 3.63) is 5.69 Å². The Hall–Kier alpha value is -1.40. The summed E-state index contributed by atoms with van der Waals surface area (Å²) in [6.07, 6.45) is -3.86. The molecule has 0 saturated carbocycles. The number of rotatable bonds is 2. The van der Waals surface area contributed by atoms with E-state index in [0.717, 1.165) is 11.5 Å². The molecule has 114 valence electrons. The van der Waals surface area contributed by atoms with Gasteiger partial charge in [-0.05, 0) is 33.6 Å². The molecule has 1 aliphatic rings. The standard InChI is InChI=1S/C13H21F3N4/c1-8(2)20-12(11(17)9(3)18-20)19-6-4-10(5-7-19)13(14,15)16/h8,10H,4-7,17H2,1-3H3. The van der Waals surface area contributed by atoms with Crippen molar-refractivity contribution in [1.29, 1.82) is 0 Å². The van der Waals surface area contributed by atoms with E-state index in [1.54, 1.807) is 4.68 Å². The first-order chi connectivity index (χ1) is 9.21. The van der Waals surface area contributed by atoms with Crippen LogP contribution in [0.5, 0.6) is 0 Å². The first-order valence-electron chi connectivity index (χ1n) is 6.88. The Morgan fingerprint density at radius 2 is 1.80 bits per heavy atom. The maximum Gasteiger partial charge on any atom is 0.391 e. The van der Waals surface area contributed by atoms with Gasteiger partial charge in [0.2, 0.25) is 0 Å². The third kappa shape index (κ3) is 2.71. The Balaban J connectivity index is 2.19. The molecule has 1 fully saturated rings. The summed E-state index contributed by atoms with van der Waals surface area (Å²) in [7, 11) is 0. The average molecular weight is 290 g/mol. The fourth-order valence-corrected chi connectivity index (χ4v) is 2.64. The van der Waals surface area contributed by atoms with Crippen molar-refractivity contribution in [2.45, 2.75) is 45.8 Å². The van der Waals surface area contributed by atoms with E-state index in [4.69, 9.17) is 5.73 Å². The zero-order chi connectivity index (χ0) is 15.1. The number of hydrogen-bond acceptors (Lipinski definition) is 3. The van der Waals surface area contributed by atoms with E-state index in [9.17, 15) is 13.2 Å². The molecule has 7 heteroatoms. The molecular formula is C13H21F3N4. The molecule has 0 spiro atoms. The largest absolute Gasteiger partial charge is 0.394 e. The van der Waals surface area contributed by atoms with Gasteiger partial charge in [-0.15, -0.1) is 0 Å². The number of alkyl halides is 3. The van der Waals surface area contributed by atoms with Gasteiger partial charge in [0.25, 0.3) is 0 Å². The highest BCUT2D eigenvalue weighted by atomic mass is 19.4. The Labute approximate surface area is 116 Å². The second-order valence-electron chi connectivity index (χ2n) is 5.66. The van der Waals surface area contributed by atoms with Crippen molar-refractivity contribution in [2.75, 3.05) is 23.7 Å². The molecule has 0 amide bonds. The van der Waals surface area contributed by atoms with Crippen LogP contribution in [0.1, 0.15) is 38.4 Å². The fraction of sp³-hybridized carbons (Fsp3) is 0.769. The first kappa shape index (κ1) is 15.0. The van der Waals surface area contributed by atoms with Gasteiger partial charge < -0.3 is 10.6 Å². The van der Waals surface area contributed by atoms with Gasteiger partial charge in [-0.1, -0.05) is 0 Å². The summed E-state index contributed by atoms with van der Waals surface area (Å²) in [6.45, 7) is 6.52. The molecule has 0 atom stereocenters. The molecule has 4 nitrogen and oxygen atoms in total. The lowest BCUT2D eigenvalue weighted by Gasteiger charge is -2.35. The molecule has 1 aliphatic heterocycles. The van der Waals surface area contributed by atoms with E-state index in [0.29, 0.717) is 18.8 Å². The van der Waals surface area contributed by atoms with Crippen molar-refractivity contribution in [3.63, 3.8) is 0 Å². The van der Waals surface area contributed by atoms with Crippen LogP contribution in [0.3, 0.4) is 0 Å². The van der Waals surface area contributed by atoms with Gasteiger partial charge in [-0.3, -0.25) is 0 Å². The summed E-state index contributed by atoms with van der Waals surface area (Å²) in [5.41, 5.74) is 7.35. The minimum atomic E-state index is -4.09. The summed E-state index contributed by atoms with van der Waals surface area (Å²) >= 11 is 0. The lowest BCUT2D eigenvalue weighted by molar-refractivity contribution is -0.179. The Kier molecular flexibility index (Phi) is 3.88. The van der Waals surface area contributed by atoms with Gasteiger partial charge in [-0.2, -0.15) is 18.3 Å². The molecule has 1 saturated heterocycles. The Bertz CT molecular complexity index is 471. The topological polar surface area (TPSA) is 47.1 Å². The van der Waals surface area contributed by atoms with Crippen LogP contribution in [-0.4, -0.2) is 29.0 Å². The van der Waals surface area contributed by atoms with Crippen LogP contribution >= 0.6 is 0 Å². The number of aromatic nitrogens is 2. The minimum Gasteiger partial charge on any atom is -0.394 e. The highest BCUT2D eigenvalue weighted by Gasteiger charge is 2.41. The van der Waals surface area contributed by atoms with Gasteiger partial charge in [0, 0.05) is 19.1 Å². The number of hydrogen-bond donors (Lipinski definition) is 1. The van der Waals surface area contributed by atoms with Crippen LogP contribution in [-0.2, 0) is 0 Å². The zero-order valence-electron chi connectivity index (χ0n) is 12.0. The van der Waals surface area contributed by atoms with E-state index in [1.165, 1.54) is 0 Å². The summed E-state index contributed by atoms with van der Waals surface area (Å²) in [5, 5.41) is 4.38. The van der Waals surface area contributed by atoms with E-state index < -0.39 is 12.1 Å². The van der Waals surface area contributed by atoms with Crippen LogP contribution in [0.4, 0.5) is 24.7 Å². The molecule has 0 bridgehead atoms. The molecule has 0 unspecified atom stereocenters. The fourth-order valence-electron chi connectivity index (χ4n) is 2.64.